The number of carbonyl (C=O) groups is 4. The first kappa shape index (κ1) is 26.6. The summed E-state index contributed by atoms with van der Waals surface area (Å²) in [6.45, 7) is 5.71. The third kappa shape index (κ3) is 7.70. The van der Waals surface area contributed by atoms with Crippen LogP contribution in [0.15, 0.2) is 53.6 Å². The molecule has 182 valence electrons. The van der Waals surface area contributed by atoms with E-state index in [2.05, 4.69) is 10.4 Å². The Morgan fingerprint density at radius 2 is 1.80 bits per heavy atom. The minimum atomic E-state index is -1.31. The fourth-order valence-electron chi connectivity index (χ4n) is 3.03. The maximum absolute atomic E-state index is 13.0. The van der Waals surface area contributed by atoms with E-state index in [0.717, 1.165) is 17.2 Å². The zero-order chi connectivity index (χ0) is 26.1. The number of hydrazone groups is 1. The number of aryl methyl sites for hydroxylation is 1. The van der Waals surface area contributed by atoms with Gasteiger partial charge in [-0.3, -0.25) is 29.3 Å². The van der Waals surface area contributed by atoms with Crippen LogP contribution in [0.3, 0.4) is 0 Å². The Kier molecular flexibility index (Phi) is 9.10. The van der Waals surface area contributed by atoms with Crippen LogP contribution in [0.4, 0.5) is 11.4 Å². The molecular weight excluding hydrogens is 454 g/mol. The van der Waals surface area contributed by atoms with E-state index >= 15 is 0 Å². The molecule has 11 nitrogen and oxygen atoms in total. The number of allylic oxidation sites excluding steroid dienone is 1. The van der Waals surface area contributed by atoms with Gasteiger partial charge in [-0.15, -0.1) is 0 Å². The number of hydrogen-bond donors (Lipinski definition) is 3. The molecule has 2 rings (SSSR count). The maximum atomic E-state index is 13.0. The number of anilines is 1. The molecule has 0 bridgehead atoms. The second kappa shape index (κ2) is 12.0. The molecule has 0 aliphatic heterocycles. The summed E-state index contributed by atoms with van der Waals surface area (Å²) in [4.78, 5) is 58.4. The molecule has 0 unspecified atom stereocenters. The number of nitrogens with one attached hydrogen (secondary N) is 2. The zero-order valence-electron chi connectivity index (χ0n) is 19.4. The van der Waals surface area contributed by atoms with Gasteiger partial charge in [-0.2, -0.15) is 5.10 Å². The first-order valence-electron chi connectivity index (χ1n) is 10.5. The lowest BCUT2D eigenvalue weighted by Crippen LogP contribution is -2.35. The third-order valence-corrected chi connectivity index (χ3v) is 4.83. The van der Waals surface area contributed by atoms with Gasteiger partial charge >= 0.3 is 11.8 Å². The van der Waals surface area contributed by atoms with E-state index in [1.165, 1.54) is 24.3 Å². The van der Waals surface area contributed by atoms with Crippen molar-refractivity contribution in [3.8, 4) is 0 Å². The third-order valence-electron chi connectivity index (χ3n) is 4.83. The minimum Gasteiger partial charge on any atom is -0.361 e. The fourth-order valence-corrected chi connectivity index (χ4v) is 3.03. The van der Waals surface area contributed by atoms with E-state index in [-0.39, 0.29) is 17.3 Å². The predicted octanol–water partition coefficient (Wildman–Crippen LogP) is 2.60. The van der Waals surface area contributed by atoms with Gasteiger partial charge in [0.05, 0.1) is 11.3 Å². The van der Waals surface area contributed by atoms with Crippen LogP contribution in [0.2, 0.25) is 0 Å². The molecule has 0 fully saturated rings. The van der Waals surface area contributed by atoms with Crippen molar-refractivity contribution in [1.29, 1.82) is 0 Å². The Morgan fingerprint density at radius 3 is 2.43 bits per heavy atom. The van der Waals surface area contributed by atoms with Crippen LogP contribution in [0.25, 0.3) is 6.08 Å². The summed E-state index contributed by atoms with van der Waals surface area (Å²) in [5, 5.41) is 17.3. The summed E-state index contributed by atoms with van der Waals surface area (Å²) in [7, 11) is 0. The molecule has 0 spiro atoms. The Labute approximate surface area is 201 Å². The van der Waals surface area contributed by atoms with Crippen LogP contribution in [-0.4, -0.2) is 34.1 Å². The molecule has 2 aromatic rings. The summed E-state index contributed by atoms with van der Waals surface area (Å²) in [5.41, 5.74) is 8.83. The first-order valence-corrected chi connectivity index (χ1v) is 10.5. The number of amides is 3. The van der Waals surface area contributed by atoms with E-state index in [9.17, 15) is 29.3 Å². The highest BCUT2D eigenvalue weighted by Gasteiger charge is 2.20. The number of nitrogens with two attached hydrogens (primary N) is 1. The molecule has 0 saturated heterocycles. The highest BCUT2D eigenvalue weighted by atomic mass is 16.6. The summed E-state index contributed by atoms with van der Waals surface area (Å²) in [6.07, 6.45) is 1.95. The van der Waals surface area contributed by atoms with Crippen molar-refractivity contribution >= 4 is 46.7 Å². The second-order valence-corrected chi connectivity index (χ2v) is 7.84. The van der Waals surface area contributed by atoms with Crippen LogP contribution in [0.5, 0.6) is 0 Å². The molecular formula is C24H25N5O6. The molecule has 3 amide bonds. The van der Waals surface area contributed by atoms with Crippen molar-refractivity contribution in [3.63, 3.8) is 0 Å². The zero-order valence-corrected chi connectivity index (χ0v) is 19.4. The van der Waals surface area contributed by atoms with E-state index in [0.29, 0.717) is 11.3 Å². The largest absolute Gasteiger partial charge is 0.361 e. The highest BCUT2D eigenvalue weighted by Crippen LogP contribution is 2.27. The smallest absolute Gasteiger partial charge is 0.329 e. The van der Waals surface area contributed by atoms with Crippen LogP contribution < -0.4 is 16.5 Å². The molecule has 35 heavy (non-hydrogen) atoms. The van der Waals surface area contributed by atoms with Gasteiger partial charge in [0, 0.05) is 17.8 Å². The van der Waals surface area contributed by atoms with Crippen molar-refractivity contribution < 1.29 is 24.1 Å². The highest BCUT2D eigenvalue weighted by molar-refractivity contribution is 6.46. The summed E-state index contributed by atoms with van der Waals surface area (Å²) < 4.78 is 0. The van der Waals surface area contributed by atoms with Crippen LogP contribution >= 0.6 is 0 Å². The molecule has 0 aliphatic rings. The topological polar surface area (TPSA) is 174 Å². The Balaban J connectivity index is 2.29. The number of rotatable bonds is 9. The lowest BCUT2D eigenvalue weighted by Gasteiger charge is -2.16. The summed E-state index contributed by atoms with van der Waals surface area (Å²) in [6, 6.07) is 11.1. The van der Waals surface area contributed by atoms with Crippen molar-refractivity contribution in [2.45, 2.75) is 33.1 Å². The Bertz CT molecular complexity index is 1230. The van der Waals surface area contributed by atoms with E-state index in [4.69, 9.17) is 5.73 Å². The molecule has 0 radical (unpaired) electrons. The SMILES string of the molecule is Cc1cccc(C(C)C)c1NC(=O)C(CC(=O)C=Cc1cccc([N+](=O)[O-])c1)=NNC(=O)C(N)=O. The number of primary amides is 1. The number of nitrogens with zero attached hydrogens (tertiary/aromatic N) is 2. The van der Waals surface area contributed by atoms with Crippen LogP contribution in [-0.2, 0) is 19.2 Å². The van der Waals surface area contributed by atoms with Crippen molar-refractivity contribution in [3.05, 3.63) is 75.3 Å². The van der Waals surface area contributed by atoms with Gasteiger partial charge < -0.3 is 11.1 Å². The molecule has 0 atom stereocenters. The number of non-ortho nitro benzene ring substituents is 1. The number of para-hydroxylation sites is 1. The van der Waals surface area contributed by atoms with Crippen LogP contribution in [0, 0.1) is 17.0 Å². The van der Waals surface area contributed by atoms with Gasteiger partial charge in [0.1, 0.15) is 5.71 Å². The van der Waals surface area contributed by atoms with Crippen molar-refractivity contribution in [2.75, 3.05) is 5.32 Å². The van der Waals surface area contributed by atoms with Crippen molar-refractivity contribution in [2.24, 2.45) is 10.8 Å². The minimum absolute atomic E-state index is 0.0830. The molecule has 0 heterocycles. The maximum Gasteiger partial charge on any atom is 0.329 e. The van der Waals surface area contributed by atoms with E-state index in [1.807, 2.05) is 31.4 Å². The first-order chi connectivity index (χ1) is 16.5. The van der Waals surface area contributed by atoms with Gasteiger partial charge in [-0.25, -0.2) is 5.43 Å². The van der Waals surface area contributed by atoms with Gasteiger partial charge in [-0.1, -0.05) is 50.3 Å². The van der Waals surface area contributed by atoms with Gasteiger partial charge in [-0.05, 0) is 35.6 Å². The number of nitro benzene ring substituents is 1. The lowest BCUT2D eigenvalue weighted by atomic mass is 9.98. The Hall–Kier alpha value is -4.67. The van der Waals surface area contributed by atoms with Gasteiger partial charge in [0.2, 0.25) is 0 Å². The average molecular weight is 479 g/mol. The second-order valence-electron chi connectivity index (χ2n) is 7.84. The van der Waals surface area contributed by atoms with Crippen molar-refractivity contribution in [1.82, 2.24) is 5.43 Å². The normalized spacial score (nSPS) is 11.4. The quantitative estimate of drug-likeness (QED) is 0.164. The fraction of sp³-hybridized carbons (Fsp3) is 0.208. The molecule has 0 saturated carbocycles. The lowest BCUT2D eigenvalue weighted by molar-refractivity contribution is -0.384. The monoisotopic (exact) mass is 479 g/mol. The number of carbonyl (C=O) groups excluding carboxylic acids is 4. The number of ketones is 1. The van der Waals surface area contributed by atoms with Gasteiger partial charge in [0.15, 0.2) is 5.78 Å². The molecule has 11 heteroatoms. The average Bonchev–Trinajstić information content (AvgIpc) is 2.81. The molecule has 4 N–H and O–H groups in total. The van der Waals surface area contributed by atoms with Crippen LogP contribution in [0.1, 0.15) is 42.9 Å². The summed E-state index contributed by atoms with van der Waals surface area (Å²) in [5.74, 6) is -3.82. The molecule has 2 aromatic carbocycles. The summed E-state index contributed by atoms with van der Waals surface area (Å²) >= 11 is 0. The van der Waals surface area contributed by atoms with Gasteiger partial charge in [0.25, 0.3) is 11.6 Å². The number of nitro groups is 1. The Morgan fingerprint density at radius 1 is 1.11 bits per heavy atom. The van der Waals surface area contributed by atoms with E-state index < -0.39 is 34.8 Å². The van der Waals surface area contributed by atoms with E-state index in [1.54, 1.807) is 19.1 Å². The number of benzene rings is 2. The molecule has 0 aliphatic carbocycles. The predicted molar refractivity (Wildman–Crippen MR) is 130 cm³/mol. The molecule has 0 aromatic heterocycles. The standard InChI is InChI=1S/C24H25N5O6/c1-14(2)19-9-4-6-15(3)21(19)26-23(32)20(27-28-24(33)22(25)31)13-18(30)11-10-16-7-5-8-17(12-16)29(34)35/h4-12,14H,13H2,1-3H3,(H2,25,31)(H,26,32)(H,28,33). The number of hydrogen-bond acceptors (Lipinski definition) is 7.